The van der Waals surface area contributed by atoms with Crippen LogP contribution in [0.4, 0.5) is 11.5 Å². The minimum atomic E-state index is -0.564. The van der Waals surface area contributed by atoms with Crippen LogP contribution in [0.1, 0.15) is 0 Å². The van der Waals surface area contributed by atoms with Crippen molar-refractivity contribution in [3.8, 4) is 17.5 Å². The van der Waals surface area contributed by atoms with Crippen LogP contribution in [-0.4, -0.2) is 22.0 Å². The van der Waals surface area contributed by atoms with Crippen LogP contribution in [0.2, 0.25) is 0 Å². The van der Waals surface area contributed by atoms with Gasteiger partial charge >= 0.3 is 11.7 Å². The van der Waals surface area contributed by atoms with Crippen molar-refractivity contribution in [2.24, 2.45) is 0 Å². The first-order chi connectivity index (χ1) is 9.10. The molecule has 0 bridgehead atoms. The molecule has 0 saturated carbocycles. The predicted molar refractivity (Wildman–Crippen MR) is 66.2 cm³/mol. The Hall–Kier alpha value is -2.90. The molecule has 0 aliphatic heterocycles. The van der Waals surface area contributed by atoms with Crippen molar-refractivity contribution in [2.45, 2.75) is 0 Å². The van der Waals surface area contributed by atoms with Gasteiger partial charge in [-0.15, -0.1) is 0 Å². The molecule has 2 aromatic rings. The number of rotatable bonds is 4. The first kappa shape index (κ1) is 12.6. The van der Waals surface area contributed by atoms with E-state index < -0.39 is 4.92 Å². The van der Waals surface area contributed by atoms with Crippen molar-refractivity contribution in [1.82, 2.24) is 9.97 Å². The molecule has 8 nitrogen and oxygen atoms in total. The molecule has 0 atom stereocenters. The van der Waals surface area contributed by atoms with E-state index in [0.717, 1.165) is 0 Å². The molecule has 0 amide bonds. The van der Waals surface area contributed by atoms with Crippen LogP contribution in [0.3, 0.4) is 0 Å². The summed E-state index contributed by atoms with van der Waals surface area (Å²) in [6, 6.07) is 5.69. The van der Waals surface area contributed by atoms with Gasteiger partial charge in [-0.3, -0.25) is 10.1 Å². The summed E-state index contributed by atoms with van der Waals surface area (Å²) >= 11 is 0. The second kappa shape index (κ2) is 5.17. The summed E-state index contributed by atoms with van der Waals surface area (Å²) < 4.78 is 10.2. The molecule has 0 saturated heterocycles. The number of benzene rings is 1. The highest BCUT2D eigenvalue weighted by Gasteiger charge is 2.16. The number of ether oxygens (including phenoxy) is 2. The molecule has 19 heavy (non-hydrogen) atoms. The number of aromatic nitrogens is 2. The topological polar surface area (TPSA) is 113 Å². The molecule has 8 heteroatoms. The van der Waals surface area contributed by atoms with Crippen molar-refractivity contribution in [1.29, 1.82) is 0 Å². The molecule has 0 aliphatic rings. The average molecular weight is 262 g/mol. The summed E-state index contributed by atoms with van der Waals surface area (Å²) in [5, 5.41) is 10.9. The van der Waals surface area contributed by atoms with Crippen LogP contribution in [0.25, 0.3) is 0 Å². The Morgan fingerprint density at radius 1 is 1.37 bits per heavy atom. The highest BCUT2D eigenvalue weighted by Crippen LogP contribution is 2.32. The Labute approximate surface area is 108 Å². The molecule has 0 unspecified atom stereocenters. The van der Waals surface area contributed by atoms with Gasteiger partial charge in [0, 0.05) is 6.20 Å². The third kappa shape index (κ3) is 2.86. The number of methoxy groups -OCH3 is 1. The zero-order chi connectivity index (χ0) is 13.8. The predicted octanol–water partition coefficient (Wildman–Crippen LogP) is 1.77. The zero-order valence-corrected chi connectivity index (χ0v) is 9.94. The molecule has 1 aromatic carbocycles. The van der Waals surface area contributed by atoms with Crippen LogP contribution in [-0.2, 0) is 0 Å². The quantitative estimate of drug-likeness (QED) is 0.659. The Bertz CT molecular complexity index is 617. The van der Waals surface area contributed by atoms with Crippen LogP contribution >= 0.6 is 0 Å². The molecular formula is C11H10N4O4. The maximum atomic E-state index is 10.9. The first-order valence-electron chi connectivity index (χ1n) is 5.19. The SMILES string of the molecule is COc1ccc(Oc2nccc(N)n2)cc1[N+](=O)[O-]. The van der Waals surface area contributed by atoms with Crippen molar-refractivity contribution in [3.63, 3.8) is 0 Å². The molecule has 98 valence electrons. The number of nitrogens with two attached hydrogens (primary N) is 1. The fraction of sp³-hybridized carbons (Fsp3) is 0.0909. The van der Waals surface area contributed by atoms with E-state index in [2.05, 4.69) is 9.97 Å². The van der Waals surface area contributed by atoms with Crippen molar-refractivity contribution in [3.05, 3.63) is 40.6 Å². The molecule has 0 radical (unpaired) electrons. The van der Waals surface area contributed by atoms with Gasteiger partial charge in [0.1, 0.15) is 11.6 Å². The van der Waals surface area contributed by atoms with E-state index in [1.54, 1.807) is 0 Å². The summed E-state index contributed by atoms with van der Waals surface area (Å²) in [6.07, 6.45) is 1.43. The van der Waals surface area contributed by atoms with E-state index in [9.17, 15) is 10.1 Å². The number of hydrogen-bond acceptors (Lipinski definition) is 7. The highest BCUT2D eigenvalue weighted by molar-refractivity contribution is 5.51. The van der Waals surface area contributed by atoms with E-state index in [1.807, 2.05) is 0 Å². The summed E-state index contributed by atoms with van der Waals surface area (Å²) in [5.41, 5.74) is 5.27. The Kier molecular flexibility index (Phi) is 3.42. The largest absolute Gasteiger partial charge is 0.490 e. The van der Waals surface area contributed by atoms with Gasteiger partial charge in [0.2, 0.25) is 0 Å². The molecule has 2 rings (SSSR count). The van der Waals surface area contributed by atoms with Crippen LogP contribution in [0.15, 0.2) is 30.5 Å². The third-order valence-electron chi connectivity index (χ3n) is 2.21. The monoisotopic (exact) mass is 262 g/mol. The second-order valence-corrected chi connectivity index (χ2v) is 3.46. The zero-order valence-electron chi connectivity index (χ0n) is 9.94. The van der Waals surface area contributed by atoms with Gasteiger partial charge < -0.3 is 15.2 Å². The second-order valence-electron chi connectivity index (χ2n) is 3.46. The summed E-state index contributed by atoms with van der Waals surface area (Å²) in [5.74, 6) is 0.608. The lowest BCUT2D eigenvalue weighted by Gasteiger charge is -2.06. The third-order valence-corrected chi connectivity index (χ3v) is 2.21. The molecule has 0 fully saturated rings. The fourth-order valence-electron chi connectivity index (χ4n) is 1.38. The molecular weight excluding hydrogens is 252 g/mol. The molecule has 0 aliphatic carbocycles. The van der Waals surface area contributed by atoms with E-state index in [0.29, 0.717) is 0 Å². The van der Waals surface area contributed by atoms with Crippen molar-refractivity contribution < 1.29 is 14.4 Å². The lowest BCUT2D eigenvalue weighted by Crippen LogP contribution is -1.97. The maximum absolute atomic E-state index is 10.9. The van der Waals surface area contributed by atoms with E-state index in [1.165, 1.54) is 37.6 Å². The van der Waals surface area contributed by atoms with E-state index >= 15 is 0 Å². The molecule has 0 spiro atoms. The number of nitrogen functional groups attached to an aromatic ring is 1. The standard InChI is InChI=1S/C11H10N4O4/c1-18-9-3-2-7(6-8(9)15(16)17)19-11-13-5-4-10(12)14-11/h2-6H,1H3,(H2,12,13,14). The summed E-state index contributed by atoms with van der Waals surface area (Å²) in [6.45, 7) is 0. The van der Waals surface area contributed by atoms with Crippen LogP contribution in [0, 0.1) is 10.1 Å². The summed E-state index contributed by atoms with van der Waals surface area (Å²) in [7, 11) is 1.35. The van der Waals surface area contributed by atoms with Crippen molar-refractivity contribution in [2.75, 3.05) is 12.8 Å². The van der Waals surface area contributed by atoms with Gasteiger partial charge in [-0.2, -0.15) is 4.98 Å². The average Bonchev–Trinajstić information content (AvgIpc) is 2.38. The molecule has 2 N–H and O–H groups in total. The fourth-order valence-corrected chi connectivity index (χ4v) is 1.38. The normalized spacial score (nSPS) is 9.95. The van der Waals surface area contributed by atoms with Gasteiger partial charge in [0.15, 0.2) is 5.75 Å². The first-order valence-corrected chi connectivity index (χ1v) is 5.19. The number of hydrogen-bond donors (Lipinski definition) is 1. The summed E-state index contributed by atoms with van der Waals surface area (Å²) in [4.78, 5) is 18.0. The van der Waals surface area contributed by atoms with Crippen LogP contribution < -0.4 is 15.2 Å². The number of nitro groups is 1. The van der Waals surface area contributed by atoms with Gasteiger partial charge in [-0.1, -0.05) is 0 Å². The van der Waals surface area contributed by atoms with Crippen LogP contribution in [0.5, 0.6) is 17.5 Å². The lowest BCUT2D eigenvalue weighted by atomic mass is 10.3. The van der Waals surface area contributed by atoms with Gasteiger partial charge in [0.05, 0.1) is 18.1 Å². The Morgan fingerprint density at radius 2 is 2.16 bits per heavy atom. The maximum Gasteiger partial charge on any atom is 0.323 e. The smallest absolute Gasteiger partial charge is 0.323 e. The van der Waals surface area contributed by atoms with E-state index in [4.69, 9.17) is 15.2 Å². The van der Waals surface area contributed by atoms with E-state index in [-0.39, 0.29) is 29.0 Å². The Balaban J connectivity index is 2.31. The number of nitrogens with zero attached hydrogens (tertiary/aromatic N) is 3. The number of anilines is 1. The van der Waals surface area contributed by atoms with Gasteiger partial charge in [0.25, 0.3) is 0 Å². The molecule has 1 heterocycles. The lowest BCUT2D eigenvalue weighted by molar-refractivity contribution is -0.385. The van der Waals surface area contributed by atoms with Gasteiger partial charge in [-0.25, -0.2) is 4.98 Å². The minimum absolute atomic E-state index is 0.0134. The van der Waals surface area contributed by atoms with Gasteiger partial charge in [-0.05, 0) is 18.2 Å². The minimum Gasteiger partial charge on any atom is -0.490 e. The van der Waals surface area contributed by atoms with Crippen molar-refractivity contribution >= 4 is 11.5 Å². The molecule has 1 aromatic heterocycles. The Morgan fingerprint density at radius 3 is 2.79 bits per heavy atom. The highest BCUT2D eigenvalue weighted by atomic mass is 16.6. The number of nitro benzene ring substituents is 1.